The van der Waals surface area contributed by atoms with Gasteiger partial charge in [-0.05, 0) is 26.7 Å². The van der Waals surface area contributed by atoms with Gasteiger partial charge in [0, 0.05) is 12.1 Å². The molecular formula is C7H19N3O2. The van der Waals surface area contributed by atoms with Gasteiger partial charge in [-0.25, -0.2) is 4.79 Å². The summed E-state index contributed by atoms with van der Waals surface area (Å²) in [4.78, 5) is 8.78. The number of nitrogens with two attached hydrogens (primary N) is 3. The van der Waals surface area contributed by atoms with Gasteiger partial charge in [0.2, 0.25) is 0 Å². The van der Waals surface area contributed by atoms with Crippen LogP contribution in [0.2, 0.25) is 0 Å². The normalized spacial score (nSPS) is 14.0. The summed E-state index contributed by atoms with van der Waals surface area (Å²) >= 11 is 0. The summed E-state index contributed by atoms with van der Waals surface area (Å²) in [6, 6.07) is 0.613. The van der Waals surface area contributed by atoms with Crippen molar-refractivity contribution in [3.8, 4) is 0 Å². The van der Waals surface area contributed by atoms with E-state index in [4.69, 9.17) is 21.4 Å². The maximum atomic E-state index is 8.78. The number of rotatable bonds is 3. The van der Waals surface area contributed by atoms with Gasteiger partial charge in [0.05, 0.1) is 0 Å². The lowest BCUT2D eigenvalue weighted by Gasteiger charge is -2.06. The molecule has 0 aliphatic heterocycles. The fraction of sp³-hybridized carbons (Fsp3) is 0.857. The van der Waals surface area contributed by atoms with E-state index >= 15 is 0 Å². The Morgan fingerprint density at radius 3 is 1.50 bits per heavy atom. The molecule has 74 valence electrons. The molecule has 0 aliphatic carbocycles. The molecule has 7 N–H and O–H groups in total. The van der Waals surface area contributed by atoms with E-state index in [9.17, 15) is 0 Å². The SMILES string of the molecule is CC(N)CCC(C)N.NC(=O)O. The second-order valence-corrected chi connectivity index (χ2v) is 2.87. The number of carbonyl (C=O) groups is 1. The highest BCUT2D eigenvalue weighted by molar-refractivity contribution is 5.61. The number of hydrogen-bond acceptors (Lipinski definition) is 3. The van der Waals surface area contributed by atoms with E-state index in [-0.39, 0.29) is 0 Å². The first-order valence-electron chi connectivity index (χ1n) is 3.85. The van der Waals surface area contributed by atoms with Crippen molar-refractivity contribution in [2.24, 2.45) is 17.2 Å². The molecule has 0 spiro atoms. The topological polar surface area (TPSA) is 115 Å². The third-order valence-electron chi connectivity index (χ3n) is 1.08. The average molecular weight is 177 g/mol. The zero-order chi connectivity index (χ0) is 10.1. The molecule has 0 bridgehead atoms. The van der Waals surface area contributed by atoms with E-state index < -0.39 is 6.09 Å². The second-order valence-electron chi connectivity index (χ2n) is 2.87. The van der Waals surface area contributed by atoms with Crippen LogP contribution in [0, 0.1) is 0 Å². The zero-order valence-electron chi connectivity index (χ0n) is 7.66. The molecule has 0 rings (SSSR count). The van der Waals surface area contributed by atoms with Crippen LogP contribution >= 0.6 is 0 Å². The predicted octanol–water partition coefficient (Wildman–Crippen LogP) is 0.0841. The average Bonchev–Trinajstić information content (AvgIpc) is 1.82. The molecule has 0 heterocycles. The van der Waals surface area contributed by atoms with E-state index in [2.05, 4.69) is 5.73 Å². The first-order valence-corrected chi connectivity index (χ1v) is 3.85. The second kappa shape index (κ2) is 8.29. The highest BCUT2D eigenvalue weighted by atomic mass is 16.4. The van der Waals surface area contributed by atoms with Gasteiger partial charge in [0.1, 0.15) is 0 Å². The van der Waals surface area contributed by atoms with Gasteiger partial charge in [0.25, 0.3) is 0 Å². The maximum Gasteiger partial charge on any atom is 0.402 e. The lowest BCUT2D eigenvalue weighted by Crippen LogP contribution is -2.21. The van der Waals surface area contributed by atoms with E-state index in [1.54, 1.807) is 0 Å². The molecule has 5 nitrogen and oxygen atoms in total. The van der Waals surface area contributed by atoms with Gasteiger partial charge >= 0.3 is 6.09 Å². The summed E-state index contributed by atoms with van der Waals surface area (Å²) in [5.74, 6) is 0. The van der Waals surface area contributed by atoms with Crippen molar-refractivity contribution in [1.82, 2.24) is 0 Å². The largest absolute Gasteiger partial charge is 0.465 e. The van der Waals surface area contributed by atoms with Gasteiger partial charge in [-0.1, -0.05) is 0 Å². The fourth-order valence-electron chi connectivity index (χ4n) is 0.526. The molecule has 0 saturated carbocycles. The highest BCUT2D eigenvalue weighted by Gasteiger charge is 1.96. The summed E-state index contributed by atoms with van der Waals surface area (Å²) < 4.78 is 0. The third kappa shape index (κ3) is 35.1. The first-order chi connectivity index (χ1) is 5.36. The van der Waals surface area contributed by atoms with Crippen molar-refractivity contribution in [3.05, 3.63) is 0 Å². The van der Waals surface area contributed by atoms with Crippen LogP contribution in [0.3, 0.4) is 0 Å². The van der Waals surface area contributed by atoms with E-state index in [1.807, 2.05) is 13.8 Å². The number of carboxylic acid groups (broad SMARTS) is 1. The van der Waals surface area contributed by atoms with E-state index in [0.717, 1.165) is 12.8 Å². The van der Waals surface area contributed by atoms with Gasteiger partial charge in [-0.3, -0.25) is 0 Å². The van der Waals surface area contributed by atoms with Crippen molar-refractivity contribution in [2.45, 2.75) is 38.8 Å². The minimum absolute atomic E-state index is 0.306. The summed E-state index contributed by atoms with van der Waals surface area (Å²) in [6.45, 7) is 4.00. The van der Waals surface area contributed by atoms with Crippen LogP contribution < -0.4 is 17.2 Å². The lowest BCUT2D eigenvalue weighted by atomic mass is 10.1. The quantitative estimate of drug-likeness (QED) is 0.488. The van der Waals surface area contributed by atoms with Gasteiger partial charge < -0.3 is 22.3 Å². The predicted molar refractivity (Wildman–Crippen MR) is 48.7 cm³/mol. The zero-order valence-corrected chi connectivity index (χ0v) is 7.66. The number of primary amides is 1. The highest BCUT2D eigenvalue weighted by Crippen LogP contribution is 1.95. The van der Waals surface area contributed by atoms with E-state index in [0.29, 0.717) is 12.1 Å². The molecule has 0 saturated heterocycles. The van der Waals surface area contributed by atoms with Crippen LogP contribution in [-0.2, 0) is 0 Å². The molecule has 0 fully saturated rings. The molecule has 0 aromatic carbocycles. The third-order valence-corrected chi connectivity index (χ3v) is 1.08. The molecule has 12 heavy (non-hydrogen) atoms. The van der Waals surface area contributed by atoms with Crippen molar-refractivity contribution in [1.29, 1.82) is 0 Å². The lowest BCUT2D eigenvalue weighted by molar-refractivity contribution is 0.205. The molecule has 5 heteroatoms. The summed E-state index contributed by atoms with van der Waals surface area (Å²) in [6.07, 6.45) is 0.745. The Bertz CT molecular complexity index is 103. The minimum atomic E-state index is -1.33. The Balaban J connectivity index is 0. The summed E-state index contributed by atoms with van der Waals surface area (Å²) in [5.41, 5.74) is 15.0. The number of hydrogen-bond donors (Lipinski definition) is 4. The van der Waals surface area contributed by atoms with Crippen molar-refractivity contribution >= 4 is 6.09 Å². The smallest absolute Gasteiger partial charge is 0.402 e. The summed E-state index contributed by atoms with van der Waals surface area (Å²) in [7, 11) is 0. The molecule has 0 aromatic heterocycles. The molecule has 2 atom stereocenters. The van der Waals surface area contributed by atoms with Crippen LogP contribution in [0.1, 0.15) is 26.7 Å². The van der Waals surface area contributed by atoms with Crippen LogP contribution in [-0.4, -0.2) is 23.3 Å². The Morgan fingerprint density at radius 1 is 1.25 bits per heavy atom. The maximum absolute atomic E-state index is 8.78. The molecule has 0 aromatic rings. The van der Waals surface area contributed by atoms with Crippen molar-refractivity contribution in [2.75, 3.05) is 0 Å². The Hall–Kier alpha value is -0.810. The Labute approximate surface area is 72.9 Å². The van der Waals surface area contributed by atoms with Crippen LogP contribution in [0.25, 0.3) is 0 Å². The van der Waals surface area contributed by atoms with Gasteiger partial charge in [-0.15, -0.1) is 0 Å². The van der Waals surface area contributed by atoms with E-state index in [1.165, 1.54) is 0 Å². The molecule has 1 amide bonds. The molecular weight excluding hydrogens is 158 g/mol. The van der Waals surface area contributed by atoms with Gasteiger partial charge in [-0.2, -0.15) is 0 Å². The minimum Gasteiger partial charge on any atom is -0.465 e. The molecule has 0 radical (unpaired) electrons. The Morgan fingerprint density at radius 2 is 1.42 bits per heavy atom. The summed E-state index contributed by atoms with van der Waals surface area (Å²) in [5, 5.41) is 7.19. The van der Waals surface area contributed by atoms with Crippen LogP contribution in [0.4, 0.5) is 4.79 Å². The number of amides is 1. The molecule has 0 aliphatic rings. The monoisotopic (exact) mass is 177 g/mol. The first kappa shape index (κ1) is 13.8. The van der Waals surface area contributed by atoms with Crippen LogP contribution in [0.15, 0.2) is 0 Å². The van der Waals surface area contributed by atoms with Crippen LogP contribution in [0.5, 0.6) is 0 Å². The van der Waals surface area contributed by atoms with Gasteiger partial charge in [0.15, 0.2) is 0 Å². The standard InChI is InChI=1S/C6H16N2.CH3NO2/c1-5(7)3-4-6(2)8;2-1(3)4/h5-6H,3-4,7-8H2,1-2H3;2H2,(H,3,4). The fourth-order valence-corrected chi connectivity index (χ4v) is 0.526. The van der Waals surface area contributed by atoms with Crippen molar-refractivity contribution < 1.29 is 9.90 Å². The Kier molecular flexibility index (Phi) is 9.50. The molecule has 2 unspecified atom stereocenters. The van der Waals surface area contributed by atoms with Crippen molar-refractivity contribution in [3.63, 3.8) is 0 Å².